The van der Waals surface area contributed by atoms with Crippen molar-refractivity contribution in [3.8, 4) is 0 Å². The monoisotopic (exact) mass is 301 g/mol. The largest absolute Gasteiger partial charge is 0.343 e. The van der Waals surface area contributed by atoms with Crippen molar-refractivity contribution in [2.45, 2.75) is 33.2 Å². The van der Waals surface area contributed by atoms with Crippen molar-refractivity contribution in [2.24, 2.45) is 5.92 Å². The maximum Gasteiger partial charge on any atom is 0.219 e. The number of nitrogens with zero attached hydrogens (tertiary/aromatic N) is 4. The lowest BCUT2D eigenvalue weighted by Gasteiger charge is -2.31. The van der Waals surface area contributed by atoms with Crippen LogP contribution in [0.3, 0.4) is 0 Å². The van der Waals surface area contributed by atoms with Gasteiger partial charge >= 0.3 is 0 Å². The van der Waals surface area contributed by atoms with E-state index in [4.69, 9.17) is 0 Å². The molecule has 1 aliphatic heterocycles. The lowest BCUT2D eigenvalue weighted by Crippen LogP contribution is -2.39. The molecular weight excluding hydrogens is 278 g/mol. The van der Waals surface area contributed by atoms with Gasteiger partial charge in [0.25, 0.3) is 0 Å². The number of carbonyl (C=O) groups excluding carboxylic acids is 1. The summed E-state index contributed by atoms with van der Waals surface area (Å²) in [4.78, 5) is 17.7. The zero-order valence-electron chi connectivity index (χ0n) is 13.2. The summed E-state index contributed by atoms with van der Waals surface area (Å²) in [7, 11) is 0. The number of amides is 1. The van der Waals surface area contributed by atoms with Crippen molar-refractivity contribution in [3.05, 3.63) is 29.7 Å². The lowest BCUT2D eigenvalue weighted by atomic mass is 9.96. The quantitative estimate of drug-likeness (QED) is 0.927. The molecule has 118 valence electrons. The van der Waals surface area contributed by atoms with Gasteiger partial charge in [-0.3, -0.25) is 4.79 Å². The summed E-state index contributed by atoms with van der Waals surface area (Å²) >= 11 is 0. The zero-order valence-corrected chi connectivity index (χ0v) is 13.2. The summed E-state index contributed by atoms with van der Waals surface area (Å²) in [6, 6.07) is 1.89. The molecule has 22 heavy (non-hydrogen) atoms. The van der Waals surface area contributed by atoms with Gasteiger partial charge in [0.15, 0.2) is 5.65 Å². The van der Waals surface area contributed by atoms with Crippen LogP contribution >= 0.6 is 0 Å². The highest BCUT2D eigenvalue weighted by atomic mass is 16.2. The topological polar surface area (TPSA) is 62.5 Å². The molecule has 0 spiro atoms. The minimum absolute atomic E-state index is 0.194. The van der Waals surface area contributed by atoms with Crippen molar-refractivity contribution >= 4 is 11.6 Å². The van der Waals surface area contributed by atoms with Crippen molar-refractivity contribution in [1.82, 2.24) is 24.8 Å². The van der Waals surface area contributed by atoms with Crippen LogP contribution in [0.15, 0.2) is 18.5 Å². The highest BCUT2D eigenvalue weighted by Gasteiger charge is 2.20. The van der Waals surface area contributed by atoms with Gasteiger partial charge in [-0.15, -0.1) is 0 Å². The molecule has 0 bridgehead atoms. The van der Waals surface area contributed by atoms with Crippen molar-refractivity contribution in [3.63, 3.8) is 0 Å². The van der Waals surface area contributed by atoms with Crippen LogP contribution in [0.25, 0.3) is 5.65 Å². The predicted octanol–water partition coefficient (Wildman–Crippen LogP) is 1.39. The molecule has 1 aliphatic rings. The summed E-state index contributed by atoms with van der Waals surface area (Å²) < 4.78 is 1.83. The Bertz CT molecular complexity index is 658. The van der Waals surface area contributed by atoms with Crippen LogP contribution in [0.1, 0.15) is 31.0 Å². The van der Waals surface area contributed by atoms with Gasteiger partial charge in [0.2, 0.25) is 5.91 Å². The van der Waals surface area contributed by atoms with E-state index in [0.29, 0.717) is 5.92 Å². The number of rotatable bonds is 4. The minimum Gasteiger partial charge on any atom is -0.343 e. The van der Waals surface area contributed by atoms with E-state index < -0.39 is 0 Å². The Morgan fingerprint density at radius 3 is 2.91 bits per heavy atom. The summed E-state index contributed by atoms with van der Waals surface area (Å²) in [5.41, 5.74) is 3.12. The Morgan fingerprint density at radius 2 is 2.18 bits per heavy atom. The fraction of sp³-hybridized carbons (Fsp3) is 0.562. The fourth-order valence-corrected chi connectivity index (χ4v) is 3.10. The average molecular weight is 301 g/mol. The van der Waals surface area contributed by atoms with E-state index in [1.165, 1.54) is 5.56 Å². The summed E-state index contributed by atoms with van der Waals surface area (Å²) in [6.45, 7) is 7.23. The van der Waals surface area contributed by atoms with Crippen molar-refractivity contribution in [1.29, 1.82) is 0 Å². The Balaban J connectivity index is 1.53. The number of aromatic nitrogens is 3. The number of nitrogens with one attached hydrogen (secondary N) is 1. The number of aryl methyl sites for hydroxylation is 1. The van der Waals surface area contributed by atoms with E-state index in [2.05, 4.69) is 15.4 Å². The number of carbonyl (C=O) groups is 1. The number of hydrogen-bond donors (Lipinski definition) is 1. The third kappa shape index (κ3) is 3.11. The summed E-state index contributed by atoms with van der Waals surface area (Å²) in [6.07, 6.45) is 5.89. The lowest BCUT2D eigenvalue weighted by molar-refractivity contribution is -0.130. The summed E-state index contributed by atoms with van der Waals surface area (Å²) in [5.74, 6) is 0.838. The molecule has 0 aliphatic carbocycles. The molecule has 2 aromatic rings. The molecule has 0 radical (unpaired) electrons. The maximum atomic E-state index is 11.3. The third-order valence-corrected chi connectivity index (χ3v) is 4.49. The second-order valence-electron chi connectivity index (χ2n) is 6.03. The van der Waals surface area contributed by atoms with E-state index in [1.807, 2.05) is 28.6 Å². The minimum atomic E-state index is 0.194. The van der Waals surface area contributed by atoms with Gasteiger partial charge in [0.05, 0.1) is 5.69 Å². The zero-order chi connectivity index (χ0) is 15.5. The molecule has 6 heteroatoms. The molecule has 0 saturated carbocycles. The van der Waals surface area contributed by atoms with Crippen LogP contribution in [0, 0.1) is 12.8 Å². The highest BCUT2D eigenvalue weighted by molar-refractivity contribution is 5.73. The highest BCUT2D eigenvalue weighted by Crippen LogP contribution is 2.17. The molecule has 1 saturated heterocycles. The van der Waals surface area contributed by atoms with Gasteiger partial charge in [-0.2, -0.15) is 5.10 Å². The molecule has 0 aromatic carbocycles. The Hall–Kier alpha value is -1.95. The van der Waals surface area contributed by atoms with E-state index in [9.17, 15) is 4.79 Å². The van der Waals surface area contributed by atoms with Crippen molar-refractivity contribution < 1.29 is 4.79 Å². The standard InChI is InChI=1S/C16H23N5O/c1-12-15(16-18-6-3-7-21(16)19-12)11-17-10-14-4-8-20(9-5-14)13(2)22/h3,6-7,14,17H,4-5,8-11H2,1-2H3. The van der Waals surface area contributed by atoms with Crippen LogP contribution in [0.2, 0.25) is 0 Å². The third-order valence-electron chi connectivity index (χ3n) is 4.49. The predicted molar refractivity (Wildman–Crippen MR) is 84.4 cm³/mol. The second kappa shape index (κ2) is 6.44. The molecule has 0 unspecified atom stereocenters. The van der Waals surface area contributed by atoms with Crippen molar-refractivity contribution in [2.75, 3.05) is 19.6 Å². The normalized spacial score (nSPS) is 16.4. The van der Waals surface area contributed by atoms with Crippen LogP contribution < -0.4 is 5.32 Å². The average Bonchev–Trinajstić information content (AvgIpc) is 2.84. The van der Waals surface area contributed by atoms with E-state index in [-0.39, 0.29) is 5.91 Å². The first-order valence-corrected chi connectivity index (χ1v) is 7.90. The number of hydrogen-bond acceptors (Lipinski definition) is 4. The van der Waals surface area contributed by atoms with Crippen LogP contribution in [-0.4, -0.2) is 45.0 Å². The SMILES string of the molecule is CC(=O)N1CCC(CNCc2c(C)nn3cccnc23)CC1. The fourth-order valence-electron chi connectivity index (χ4n) is 3.10. The number of likely N-dealkylation sites (tertiary alicyclic amines) is 1. The molecule has 6 nitrogen and oxygen atoms in total. The number of fused-ring (bicyclic) bond motifs is 1. The first kappa shape index (κ1) is 15.0. The maximum absolute atomic E-state index is 11.3. The second-order valence-corrected chi connectivity index (χ2v) is 6.03. The van der Waals surface area contributed by atoms with Gasteiger partial charge in [-0.1, -0.05) is 0 Å². The smallest absolute Gasteiger partial charge is 0.219 e. The molecule has 3 rings (SSSR count). The number of piperidine rings is 1. The van der Waals surface area contributed by atoms with Gasteiger partial charge < -0.3 is 10.2 Å². The van der Waals surface area contributed by atoms with Gasteiger partial charge in [-0.05, 0) is 38.3 Å². The van der Waals surface area contributed by atoms with Gasteiger partial charge in [-0.25, -0.2) is 9.50 Å². The Kier molecular flexibility index (Phi) is 4.38. The Morgan fingerprint density at radius 1 is 1.41 bits per heavy atom. The molecule has 3 heterocycles. The van der Waals surface area contributed by atoms with E-state index >= 15 is 0 Å². The molecule has 1 fully saturated rings. The van der Waals surface area contributed by atoms with Gasteiger partial charge in [0, 0.05) is 44.5 Å². The first-order valence-electron chi connectivity index (χ1n) is 7.90. The first-order chi connectivity index (χ1) is 10.6. The molecule has 2 aromatic heterocycles. The van der Waals surface area contributed by atoms with Crippen LogP contribution in [-0.2, 0) is 11.3 Å². The molecule has 1 amide bonds. The van der Waals surface area contributed by atoms with E-state index in [0.717, 1.165) is 50.4 Å². The van der Waals surface area contributed by atoms with E-state index in [1.54, 1.807) is 13.1 Å². The van der Waals surface area contributed by atoms with Crippen LogP contribution in [0.4, 0.5) is 0 Å². The molecule has 0 atom stereocenters. The molecular formula is C16H23N5O. The van der Waals surface area contributed by atoms with Gasteiger partial charge in [0.1, 0.15) is 0 Å². The van der Waals surface area contributed by atoms with Crippen LogP contribution in [0.5, 0.6) is 0 Å². The summed E-state index contributed by atoms with van der Waals surface area (Å²) in [5, 5.41) is 8.02. The molecule has 1 N–H and O–H groups in total. The Labute approximate surface area is 130 Å².